The molecule has 168 valence electrons. The van der Waals surface area contributed by atoms with Gasteiger partial charge in [-0.2, -0.15) is 0 Å². The Kier molecular flexibility index (Phi) is 7.85. The number of aryl methyl sites for hydroxylation is 1. The largest absolute Gasteiger partial charge is 0.496 e. The van der Waals surface area contributed by atoms with E-state index in [-0.39, 0.29) is 11.8 Å². The number of ether oxygens (including phenoxy) is 3. The standard InChI is InChI=1S/C23H31N3O5/c1-14(2)20(26-22(28)31-23(4,5)6)21(27)25-16-9-11-19(24-13-16)30-17-10-8-15(3)18(12-17)29-7/h8-14,20H,1-7H3,(H,25,27)(H,26,28)/t20-/m1/s1. The third-order valence-electron chi connectivity index (χ3n) is 4.23. The molecule has 31 heavy (non-hydrogen) atoms. The van der Waals surface area contributed by atoms with Gasteiger partial charge in [-0.1, -0.05) is 19.9 Å². The Hall–Kier alpha value is -3.29. The second kappa shape index (κ2) is 10.1. The van der Waals surface area contributed by atoms with Crippen molar-refractivity contribution in [3.63, 3.8) is 0 Å². The smallest absolute Gasteiger partial charge is 0.408 e. The van der Waals surface area contributed by atoms with Gasteiger partial charge in [0.2, 0.25) is 11.8 Å². The first-order valence-electron chi connectivity index (χ1n) is 10.1. The van der Waals surface area contributed by atoms with Crippen molar-refractivity contribution in [2.24, 2.45) is 5.92 Å². The third-order valence-corrected chi connectivity index (χ3v) is 4.23. The number of anilines is 1. The minimum Gasteiger partial charge on any atom is -0.496 e. The van der Waals surface area contributed by atoms with Crippen molar-refractivity contribution < 1.29 is 23.8 Å². The van der Waals surface area contributed by atoms with Gasteiger partial charge in [0.25, 0.3) is 0 Å². The van der Waals surface area contributed by atoms with E-state index in [1.807, 2.05) is 32.9 Å². The normalized spacial score (nSPS) is 12.1. The first kappa shape index (κ1) is 24.0. The fourth-order valence-corrected chi connectivity index (χ4v) is 2.69. The monoisotopic (exact) mass is 429 g/mol. The molecule has 2 N–H and O–H groups in total. The average molecular weight is 430 g/mol. The number of nitrogens with one attached hydrogen (secondary N) is 2. The van der Waals surface area contributed by atoms with Crippen LogP contribution in [0.3, 0.4) is 0 Å². The maximum Gasteiger partial charge on any atom is 0.408 e. The lowest BCUT2D eigenvalue weighted by Gasteiger charge is -2.25. The molecule has 0 aliphatic heterocycles. The molecule has 0 saturated heterocycles. The van der Waals surface area contributed by atoms with E-state index in [9.17, 15) is 9.59 Å². The predicted octanol–water partition coefficient (Wildman–Crippen LogP) is 4.68. The number of methoxy groups -OCH3 is 1. The summed E-state index contributed by atoms with van der Waals surface area (Å²) in [6.45, 7) is 10.9. The van der Waals surface area contributed by atoms with Crippen LogP contribution in [-0.2, 0) is 9.53 Å². The number of alkyl carbamates (subject to hydrolysis) is 1. The van der Waals surface area contributed by atoms with E-state index >= 15 is 0 Å². The van der Waals surface area contributed by atoms with Gasteiger partial charge in [-0.25, -0.2) is 9.78 Å². The fraction of sp³-hybridized carbons (Fsp3) is 0.435. The third kappa shape index (κ3) is 7.47. The van der Waals surface area contributed by atoms with Crippen LogP contribution >= 0.6 is 0 Å². The highest BCUT2D eigenvalue weighted by Gasteiger charge is 2.27. The molecule has 0 aliphatic rings. The number of benzene rings is 1. The highest BCUT2D eigenvalue weighted by molar-refractivity contribution is 5.96. The maximum atomic E-state index is 12.7. The van der Waals surface area contributed by atoms with Crippen molar-refractivity contribution in [1.82, 2.24) is 10.3 Å². The molecule has 0 unspecified atom stereocenters. The summed E-state index contributed by atoms with van der Waals surface area (Å²) in [6.07, 6.45) is 0.848. The van der Waals surface area contributed by atoms with Crippen LogP contribution in [-0.4, -0.2) is 35.7 Å². The first-order chi connectivity index (χ1) is 14.5. The number of pyridine rings is 1. The highest BCUT2D eigenvalue weighted by Crippen LogP contribution is 2.27. The van der Waals surface area contributed by atoms with Crippen LogP contribution in [0.5, 0.6) is 17.4 Å². The molecule has 0 radical (unpaired) electrons. The second-order valence-corrected chi connectivity index (χ2v) is 8.48. The minimum absolute atomic E-state index is 0.139. The molecule has 0 bridgehead atoms. The van der Waals surface area contributed by atoms with Gasteiger partial charge < -0.3 is 24.8 Å². The Morgan fingerprint density at radius 2 is 1.81 bits per heavy atom. The van der Waals surface area contributed by atoms with Crippen LogP contribution in [0, 0.1) is 12.8 Å². The minimum atomic E-state index is -0.759. The second-order valence-electron chi connectivity index (χ2n) is 8.48. The number of rotatable bonds is 7. The lowest BCUT2D eigenvalue weighted by molar-refractivity contribution is -0.119. The summed E-state index contributed by atoms with van der Waals surface area (Å²) in [6, 6.07) is 8.06. The van der Waals surface area contributed by atoms with Crippen LogP contribution in [0.2, 0.25) is 0 Å². The Balaban J connectivity index is 2.01. The summed E-state index contributed by atoms with van der Waals surface area (Å²) in [5.41, 5.74) is 0.833. The van der Waals surface area contributed by atoms with E-state index in [2.05, 4.69) is 15.6 Å². The summed E-state index contributed by atoms with van der Waals surface area (Å²) >= 11 is 0. The van der Waals surface area contributed by atoms with Gasteiger partial charge in [-0.15, -0.1) is 0 Å². The zero-order valence-corrected chi connectivity index (χ0v) is 19.1. The van der Waals surface area contributed by atoms with Crippen LogP contribution in [0.1, 0.15) is 40.2 Å². The van der Waals surface area contributed by atoms with E-state index in [4.69, 9.17) is 14.2 Å². The molecule has 8 heteroatoms. The Labute approximate surface area is 183 Å². The van der Waals surface area contributed by atoms with Crippen LogP contribution in [0.15, 0.2) is 36.5 Å². The van der Waals surface area contributed by atoms with E-state index in [0.717, 1.165) is 11.3 Å². The van der Waals surface area contributed by atoms with E-state index in [0.29, 0.717) is 17.3 Å². The van der Waals surface area contributed by atoms with Crippen LogP contribution in [0.25, 0.3) is 0 Å². The molecule has 1 heterocycles. The lowest BCUT2D eigenvalue weighted by atomic mass is 10.0. The van der Waals surface area contributed by atoms with Gasteiger partial charge in [-0.3, -0.25) is 4.79 Å². The summed E-state index contributed by atoms with van der Waals surface area (Å²) < 4.78 is 16.3. The van der Waals surface area contributed by atoms with Crippen molar-refractivity contribution in [2.45, 2.75) is 53.2 Å². The molecule has 2 rings (SSSR count). The molecule has 2 amide bonds. The number of carbonyl (C=O) groups is 2. The Morgan fingerprint density at radius 1 is 1.10 bits per heavy atom. The Morgan fingerprint density at radius 3 is 2.35 bits per heavy atom. The Bertz CT molecular complexity index is 904. The van der Waals surface area contributed by atoms with Crippen molar-refractivity contribution in [2.75, 3.05) is 12.4 Å². The van der Waals surface area contributed by atoms with Gasteiger partial charge in [0, 0.05) is 12.1 Å². The maximum absolute atomic E-state index is 12.7. The summed E-state index contributed by atoms with van der Waals surface area (Å²) in [7, 11) is 1.60. The number of hydrogen-bond donors (Lipinski definition) is 2. The molecule has 2 aromatic rings. The van der Waals surface area contributed by atoms with E-state index < -0.39 is 17.7 Å². The number of hydrogen-bond acceptors (Lipinski definition) is 6. The highest BCUT2D eigenvalue weighted by atomic mass is 16.6. The van der Waals surface area contributed by atoms with Gasteiger partial charge in [-0.05, 0) is 51.3 Å². The molecule has 0 saturated carbocycles. The zero-order chi connectivity index (χ0) is 23.2. The van der Waals surface area contributed by atoms with Crippen molar-refractivity contribution >= 4 is 17.7 Å². The molecular weight excluding hydrogens is 398 g/mol. The van der Waals surface area contributed by atoms with Crippen molar-refractivity contribution in [1.29, 1.82) is 0 Å². The summed E-state index contributed by atoms with van der Waals surface area (Å²) in [5.74, 6) is 1.18. The van der Waals surface area contributed by atoms with Gasteiger partial charge >= 0.3 is 6.09 Å². The molecule has 0 spiro atoms. The molecule has 0 aliphatic carbocycles. The zero-order valence-electron chi connectivity index (χ0n) is 19.1. The SMILES string of the molecule is COc1cc(Oc2ccc(NC(=O)[C@H](NC(=O)OC(C)(C)C)C(C)C)cn2)ccc1C. The van der Waals surface area contributed by atoms with Crippen LogP contribution < -0.4 is 20.1 Å². The molecule has 1 atom stereocenters. The van der Waals surface area contributed by atoms with E-state index in [1.165, 1.54) is 6.20 Å². The number of carbonyl (C=O) groups excluding carboxylic acids is 2. The van der Waals surface area contributed by atoms with Gasteiger partial charge in [0.05, 0.1) is 19.0 Å². The summed E-state index contributed by atoms with van der Waals surface area (Å²) in [5, 5.41) is 5.38. The van der Waals surface area contributed by atoms with Crippen LogP contribution in [0.4, 0.5) is 10.5 Å². The van der Waals surface area contributed by atoms with E-state index in [1.54, 1.807) is 46.1 Å². The molecule has 1 aromatic heterocycles. The predicted molar refractivity (Wildman–Crippen MR) is 119 cm³/mol. The van der Waals surface area contributed by atoms with Crippen molar-refractivity contribution in [3.8, 4) is 17.4 Å². The number of amides is 2. The quantitative estimate of drug-likeness (QED) is 0.663. The lowest BCUT2D eigenvalue weighted by Crippen LogP contribution is -2.48. The topological polar surface area (TPSA) is 98.8 Å². The number of nitrogens with zero attached hydrogens (tertiary/aromatic N) is 1. The number of aromatic nitrogens is 1. The van der Waals surface area contributed by atoms with Gasteiger partial charge in [0.1, 0.15) is 23.1 Å². The summed E-state index contributed by atoms with van der Waals surface area (Å²) in [4.78, 5) is 29.0. The van der Waals surface area contributed by atoms with Gasteiger partial charge in [0.15, 0.2) is 0 Å². The molecule has 8 nitrogen and oxygen atoms in total. The molecular formula is C23H31N3O5. The fourth-order valence-electron chi connectivity index (χ4n) is 2.69. The molecule has 1 aromatic carbocycles. The first-order valence-corrected chi connectivity index (χ1v) is 10.1. The van der Waals surface area contributed by atoms with Crippen molar-refractivity contribution in [3.05, 3.63) is 42.1 Å². The average Bonchev–Trinajstić information content (AvgIpc) is 2.67. The molecule has 0 fully saturated rings.